The maximum atomic E-state index is 13.1. The molecule has 0 radical (unpaired) electrons. The first-order chi connectivity index (χ1) is 16.0. The number of aromatic nitrogens is 1. The van der Waals surface area contributed by atoms with Crippen LogP contribution in [0.5, 0.6) is 0 Å². The third-order valence-electron chi connectivity index (χ3n) is 6.45. The van der Waals surface area contributed by atoms with Gasteiger partial charge >= 0.3 is 0 Å². The van der Waals surface area contributed by atoms with Crippen molar-refractivity contribution in [1.82, 2.24) is 15.3 Å². The van der Waals surface area contributed by atoms with Gasteiger partial charge < -0.3 is 4.90 Å². The van der Waals surface area contributed by atoms with Crippen LogP contribution in [0.3, 0.4) is 0 Å². The fourth-order valence-corrected chi connectivity index (χ4v) is 4.11. The number of pyridine rings is 1. The van der Waals surface area contributed by atoms with Crippen LogP contribution >= 0.6 is 0 Å². The summed E-state index contributed by atoms with van der Waals surface area (Å²) in [5, 5.41) is 5.15. The molecule has 6 heteroatoms. The molecule has 0 spiro atoms. The number of para-hydroxylation sites is 1. The Morgan fingerprint density at radius 3 is 2.45 bits per heavy atom. The molecule has 1 aliphatic heterocycles. The van der Waals surface area contributed by atoms with Gasteiger partial charge in [-0.3, -0.25) is 9.59 Å². The summed E-state index contributed by atoms with van der Waals surface area (Å²) in [6, 6.07) is 17.9. The molecule has 4 rings (SSSR count). The van der Waals surface area contributed by atoms with E-state index in [2.05, 4.69) is 48.6 Å². The van der Waals surface area contributed by atoms with E-state index < -0.39 is 0 Å². The van der Waals surface area contributed by atoms with Crippen LogP contribution in [-0.4, -0.2) is 40.5 Å². The number of hydrazone groups is 1. The van der Waals surface area contributed by atoms with Gasteiger partial charge in [-0.05, 0) is 30.0 Å². The molecule has 1 aliphatic rings. The van der Waals surface area contributed by atoms with Crippen molar-refractivity contribution in [3.8, 4) is 11.3 Å². The van der Waals surface area contributed by atoms with Crippen molar-refractivity contribution in [3.63, 3.8) is 0 Å². The Kier molecular flexibility index (Phi) is 6.82. The predicted octanol–water partition coefficient (Wildman–Crippen LogP) is 5.14. The van der Waals surface area contributed by atoms with Crippen molar-refractivity contribution in [3.05, 3.63) is 65.7 Å². The minimum absolute atomic E-state index is 0.0751. The van der Waals surface area contributed by atoms with Crippen molar-refractivity contribution >= 4 is 28.4 Å². The number of nitrogens with zero attached hydrogens (tertiary/aromatic N) is 3. The number of nitrogens with one attached hydrogen (secondary N) is 1. The molecule has 0 aliphatic carbocycles. The predicted molar refractivity (Wildman–Crippen MR) is 132 cm³/mol. The summed E-state index contributed by atoms with van der Waals surface area (Å²) in [5.74, 6) is 0.324. The summed E-state index contributed by atoms with van der Waals surface area (Å²) in [4.78, 5) is 31.2. The van der Waals surface area contributed by atoms with Crippen molar-refractivity contribution in [2.45, 2.75) is 46.0 Å². The lowest BCUT2D eigenvalue weighted by Crippen LogP contribution is -2.37. The van der Waals surface area contributed by atoms with E-state index in [0.717, 1.165) is 34.3 Å². The quantitative estimate of drug-likeness (QED) is 0.556. The van der Waals surface area contributed by atoms with E-state index in [1.165, 1.54) is 5.56 Å². The van der Waals surface area contributed by atoms with Gasteiger partial charge in [0.2, 0.25) is 5.91 Å². The number of hydrogen-bond acceptors (Lipinski definition) is 4. The largest absolute Gasteiger partial charge is 0.342 e. The van der Waals surface area contributed by atoms with Crippen LogP contribution < -0.4 is 5.43 Å². The molecule has 1 saturated heterocycles. The number of rotatable bonds is 5. The molecule has 1 N–H and O–H groups in total. The number of benzene rings is 2. The minimum atomic E-state index is -0.257. The zero-order valence-electron chi connectivity index (χ0n) is 19.5. The van der Waals surface area contributed by atoms with Crippen LogP contribution in [0.1, 0.15) is 61.9 Å². The van der Waals surface area contributed by atoms with Gasteiger partial charge in [-0.25, -0.2) is 10.4 Å². The number of amides is 2. The third kappa shape index (κ3) is 5.11. The molecule has 1 aromatic heterocycles. The fraction of sp³-hybridized carbons (Fsp3) is 0.333. The number of carbonyl (C=O) groups is 2. The van der Waals surface area contributed by atoms with Crippen LogP contribution in [0, 0.1) is 0 Å². The standard InChI is InChI=1S/C27H30N4O2/c1-4-18(2)20-9-11-21(12-10-20)26-17-24(23-7-5-6-8-25(23)28-26)27(33)30-29-22-13-15-31(16-14-22)19(3)32/h5-12,17-18H,4,13-16H2,1-3H3,(H,30,33)/t18-/m0/s1. The monoisotopic (exact) mass is 442 g/mol. The van der Waals surface area contributed by atoms with E-state index in [-0.39, 0.29) is 11.8 Å². The minimum Gasteiger partial charge on any atom is -0.342 e. The van der Waals surface area contributed by atoms with E-state index in [1.54, 1.807) is 11.8 Å². The summed E-state index contributed by atoms with van der Waals surface area (Å²) in [6.07, 6.45) is 2.43. The van der Waals surface area contributed by atoms with Crippen LogP contribution in [0.4, 0.5) is 0 Å². The average Bonchev–Trinajstić information content (AvgIpc) is 2.86. The van der Waals surface area contributed by atoms with Gasteiger partial charge in [0, 0.05) is 49.5 Å². The number of piperidine rings is 1. The molecule has 2 aromatic carbocycles. The lowest BCUT2D eigenvalue weighted by Gasteiger charge is -2.26. The number of hydrogen-bond donors (Lipinski definition) is 1. The Balaban J connectivity index is 1.60. The lowest BCUT2D eigenvalue weighted by atomic mass is 9.96. The lowest BCUT2D eigenvalue weighted by molar-refractivity contribution is -0.128. The zero-order chi connectivity index (χ0) is 23.4. The third-order valence-corrected chi connectivity index (χ3v) is 6.45. The normalized spacial score (nSPS) is 14.8. The highest BCUT2D eigenvalue weighted by molar-refractivity contribution is 6.07. The molecule has 0 bridgehead atoms. The number of likely N-dealkylation sites (tertiary alicyclic amines) is 1. The number of fused-ring (bicyclic) bond motifs is 1. The summed E-state index contributed by atoms with van der Waals surface area (Å²) < 4.78 is 0. The van der Waals surface area contributed by atoms with E-state index in [0.29, 0.717) is 37.4 Å². The fourth-order valence-electron chi connectivity index (χ4n) is 4.11. The first-order valence-corrected chi connectivity index (χ1v) is 11.6. The summed E-state index contributed by atoms with van der Waals surface area (Å²) in [5.41, 5.74) is 7.99. The van der Waals surface area contributed by atoms with Crippen LogP contribution in [0.2, 0.25) is 0 Å². The molecule has 33 heavy (non-hydrogen) atoms. The average molecular weight is 443 g/mol. The SMILES string of the molecule is CC[C@H](C)c1ccc(-c2cc(C(=O)NN=C3CCN(C(C)=O)CC3)c3ccccc3n2)cc1. The van der Waals surface area contributed by atoms with Crippen LogP contribution in [0.25, 0.3) is 22.2 Å². The molecule has 0 unspecified atom stereocenters. The zero-order valence-corrected chi connectivity index (χ0v) is 19.5. The first-order valence-electron chi connectivity index (χ1n) is 11.6. The molecule has 170 valence electrons. The van der Waals surface area contributed by atoms with E-state index in [1.807, 2.05) is 30.3 Å². The van der Waals surface area contributed by atoms with Gasteiger partial charge in [-0.15, -0.1) is 0 Å². The van der Waals surface area contributed by atoms with Crippen LogP contribution in [0.15, 0.2) is 59.7 Å². The second-order valence-electron chi connectivity index (χ2n) is 8.63. The Bertz CT molecular complexity index is 1190. The summed E-state index contributed by atoms with van der Waals surface area (Å²) >= 11 is 0. The summed E-state index contributed by atoms with van der Waals surface area (Å²) in [6.45, 7) is 7.26. The second kappa shape index (κ2) is 9.94. The summed E-state index contributed by atoms with van der Waals surface area (Å²) in [7, 11) is 0. The molecule has 3 aromatic rings. The van der Waals surface area contributed by atoms with Gasteiger partial charge in [0.05, 0.1) is 16.8 Å². The highest BCUT2D eigenvalue weighted by Crippen LogP contribution is 2.27. The maximum Gasteiger partial charge on any atom is 0.272 e. The Morgan fingerprint density at radius 2 is 1.79 bits per heavy atom. The van der Waals surface area contributed by atoms with E-state index in [4.69, 9.17) is 4.98 Å². The second-order valence-corrected chi connectivity index (χ2v) is 8.63. The van der Waals surface area contributed by atoms with Crippen molar-refractivity contribution in [2.24, 2.45) is 5.10 Å². The topological polar surface area (TPSA) is 74.7 Å². The van der Waals surface area contributed by atoms with Gasteiger partial charge in [0.1, 0.15) is 0 Å². The molecule has 6 nitrogen and oxygen atoms in total. The molecule has 2 heterocycles. The Labute approximate surface area is 194 Å². The van der Waals surface area contributed by atoms with E-state index >= 15 is 0 Å². The number of carbonyl (C=O) groups excluding carboxylic acids is 2. The van der Waals surface area contributed by atoms with E-state index in [9.17, 15) is 9.59 Å². The Hall–Kier alpha value is -3.54. The first kappa shape index (κ1) is 22.6. The smallest absolute Gasteiger partial charge is 0.272 e. The molecular formula is C27H30N4O2. The van der Waals surface area contributed by atoms with Crippen molar-refractivity contribution < 1.29 is 9.59 Å². The molecule has 0 saturated carbocycles. The highest BCUT2D eigenvalue weighted by atomic mass is 16.2. The maximum absolute atomic E-state index is 13.1. The van der Waals surface area contributed by atoms with Crippen LogP contribution in [-0.2, 0) is 4.79 Å². The molecular weight excluding hydrogens is 412 g/mol. The van der Waals surface area contributed by atoms with Crippen molar-refractivity contribution in [2.75, 3.05) is 13.1 Å². The van der Waals surface area contributed by atoms with Gasteiger partial charge in [0.25, 0.3) is 5.91 Å². The molecule has 2 amide bonds. The van der Waals surface area contributed by atoms with Gasteiger partial charge in [-0.1, -0.05) is 56.3 Å². The molecule has 1 fully saturated rings. The Morgan fingerprint density at radius 1 is 1.09 bits per heavy atom. The van der Waals surface area contributed by atoms with Gasteiger partial charge in [-0.2, -0.15) is 5.10 Å². The molecule has 1 atom stereocenters. The van der Waals surface area contributed by atoms with Gasteiger partial charge in [0.15, 0.2) is 0 Å². The van der Waals surface area contributed by atoms with Crippen molar-refractivity contribution in [1.29, 1.82) is 0 Å². The highest BCUT2D eigenvalue weighted by Gasteiger charge is 2.18.